The van der Waals surface area contributed by atoms with E-state index in [1.165, 1.54) is 38.0 Å². The average Bonchev–Trinajstić information content (AvgIpc) is 3.46. The highest BCUT2D eigenvalue weighted by molar-refractivity contribution is 6.09. The molecule has 0 radical (unpaired) electrons. The quantitative estimate of drug-likeness (QED) is 0.200. The molecule has 0 unspecified atom stereocenters. The van der Waals surface area contributed by atoms with Crippen molar-refractivity contribution in [2.45, 2.75) is 0 Å². The number of rotatable bonds is 5. The summed E-state index contributed by atoms with van der Waals surface area (Å²) in [5.74, 6) is 0. The van der Waals surface area contributed by atoms with Gasteiger partial charge < -0.3 is 9.47 Å². The van der Waals surface area contributed by atoms with Crippen molar-refractivity contribution in [1.82, 2.24) is 9.55 Å². The van der Waals surface area contributed by atoms with E-state index in [0.717, 1.165) is 39.4 Å². The van der Waals surface area contributed by atoms with Crippen LogP contribution in [0.15, 0.2) is 176 Å². The third kappa shape index (κ3) is 4.41. The Kier molecular flexibility index (Phi) is 6.14. The van der Waals surface area contributed by atoms with Crippen molar-refractivity contribution in [2.24, 2.45) is 0 Å². The van der Waals surface area contributed by atoms with E-state index >= 15 is 0 Å². The second-order valence-electron chi connectivity index (χ2n) is 11.7. The lowest BCUT2D eigenvalue weighted by molar-refractivity contribution is 1.17. The number of nitrogens with zero attached hydrogens (tertiary/aromatic N) is 3. The maximum atomic E-state index is 4.79. The van der Waals surface area contributed by atoms with Gasteiger partial charge in [-0.2, -0.15) is 0 Å². The molecule has 0 aliphatic heterocycles. The van der Waals surface area contributed by atoms with Crippen LogP contribution in [0.3, 0.4) is 0 Å². The Morgan fingerprint density at radius 1 is 0.413 bits per heavy atom. The topological polar surface area (TPSA) is 21.1 Å². The molecule has 9 aromatic rings. The lowest BCUT2D eigenvalue weighted by Gasteiger charge is -2.26. The minimum Gasteiger partial charge on any atom is -0.310 e. The minimum atomic E-state index is 0.978. The van der Waals surface area contributed by atoms with Crippen LogP contribution in [0, 0.1) is 0 Å². The molecule has 2 heterocycles. The molecule has 0 bridgehead atoms. The second kappa shape index (κ2) is 10.8. The number of para-hydroxylation sites is 3. The first-order valence-corrected chi connectivity index (χ1v) is 15.6. The Hall–Kier alpha value is -6.19. The Balaban J connectivity index is 1.15. The van der Waals surface area contributed by atoms with E-state index in [2.05, 4.69) is 179 Å². The Morgan fingerprint density at radius 2 is 1.02 bits per heavy atom. The second-order valence-corrected chi connectivity index (χ2v) is 11.7. The standard InChI is InChI=1S/C43H29N3/c1-2-12-35(13-3-1)45(36-22-24-37(25-23-36)46-42-16-8-6-14-39(42)40-15-7-9-17-43(40)46)38-21-20-30-18-19-32(26-34(30)27-38)41-28-31-10-4-5-11-33(31)29-44-41/h1-29H. The number of hydrogen-bond donors (Lipinski definition) is 0. The predicted octanol–water partition coefficient (Wildman–Crippen LogP) is 11.6. The molecule has 0 saturated carbocycles. The molecule has 3 nitrogen and oxygen atoms in total. The number of anilines is 3. The molecule has 2 aromatic heterocycles. The van der Waals surface area contributed by atoms with Crippen molar-refractivity contribution in [2.75, 3.05) is 4.90 Å². The van der Waals surface area contributed by atoms with E-state index < -0.39 is 0 Å². The molecule has 3 heteroatoms. The van der Waals surface area contributed by atoms with Gasteiger partial charge in [0.2, 0.25) is 0 Å². The molecule has 0 N–H and O–H groups in total. The van der Waals surface area contributed by atoms with E-state index in [1.54, 1.807) is 0 Å². The number of benzene rings is 7. The summed E-state index contributed by atoms with van der Waals surface area (Å²) in [5, 5.41) is 7.25. The summed E-state index contributed by atoms with van der Waals surface area (Å²) in [6, 6.07) is 60.7. The molecule has 9 rings (SSSR count). The number of aromatic nitrogens is 2. The maximum Gasteiger partial charge on any atom is 0.0708 e. The van der Waals surface area contributed by atoms with Crippen LogP contribution in [0.25, 0.3) is 60.3 Å². The molecule has 0 aliphatic carbocycles. The lowest BCUT2D eigenvalue weighted by Crippen LogP contribution is -2.10. The zero-order valence-corrected chi connectivity index (χ0v) is 25.1. The van der Waals surface area contributed by atoms with Gasteiger partial charge in [0.25, 0.3) is 0 Å². The first-order valence-electron chi connectivity index (χ1n) is 15.6. The monoisotopic (exact) mass is 587 g/mol. The van der Waals surface area contributed by atoms with Crippen LogP contribution in [0.1, 0.15) is 0 Å². The van der Waals surface area contributed by atoms with Crippen LogP contribution in [0.5, 0.6) is 0 Å². The van der Waals surface area contributed by atoms with Crippen molar-refractivity contribution in [3.63, 3.8) is 0 Å². The van der Waals surface area contributed by atoms with Gasteiger partial charge in [-0.25, -0.2) is 0 Å². The Bertz CT molecular complexity index is 2470. The molecule has 0 amide bonds. The predicted molar refractivity (Wildman–Crippen MR) is 194 cm³/mol. The highest BCUT2D eigenvalue weighted by atomic mass is 15.1. The molecule has 216 valence electrons. The summed E-state index contributed by atoms with van der Waals surface area (Å²) >= 11 is 0. The Morgan fingerprint density at radius 3 is 1.78 bits per heavy atom. The van der Waals surface area contributed by atoms with Crippen molar-refractivity contribution in [1.29, 1.82) is 0 Å². The van der Waals surface area contributed by atoms with Gasteiger partial charge in [-0.3, -0.25) is 4.98 Å². The van der Waals surface area contributed by atoms with Gasteiger partial charge >= 0.3 is 0 Å². The van der Waals surface area contributed by atoms with Crippen molar-refractivity contribution < 1.29 is 0 Å². The third-order valence-electron chi connectivity index (χ3n) is 8.97. The van der Waals surface area contributed by atoms with E-state index in [4.69, 9.17) is 4.98 Å². The van der Waals surface area contributed by atoms with E-state index in [-0.39, 0.29) is 0 Å². The van der Waals surface area contributed by atoms with Gasteiger partial charge in [0.05, 0.1) is 16.7 Å². The zero-order chi connectivity index (χ0) is 30.5. The van der Waals surface area contributed by atoms with E-state index in [1.807, 2.05) is 6.20 Å². The van der Waals surface area contributed by atoms with Crippen LogP contribution in [0.2, 0.25) is 0 Å². The fourth-order valence-electron chi connectivity index (χ4n) is 6.75. The first kappa shape index (κ1) is 26.2. The molecule has 0 fully saturated rings. The van der Waals surface area contributed by atoms with Crippen LogP contribution in [-0.2, 0) is 0 Å². The fraction of sp³-hybridized carbons (Fsp3) is 0. The van der Waals surface area contributed by atoms with Crippen LogP contribution < -0.4 is 4.90 Å². The molecule has 0 aliphatic rings. The van der Waals surface area contributed by atoms with E-state index in [0.29, 0.717) is 0 Å². The fourth-order valence-corrected chi connectivity index (χ4v) is 6.75. The molecular formula is C43H29N3. The zero-order valence-electron chi connectivity index (χ0n) is 25.1. The van der Waals surface area contributed by atoms with Gasteiger partial charge in [-0.15, -0.1) is 0 Å². The smallest absolute Gasteiger partial charge is 0.0708 e. The van der Waals surface area contributed by atoms with Crippen molar-refractivity contribution in [3.8, 4) is 16.9 Å². The maximum absolute atomic E-state index is 4.79. The number of fused-ring (bicyclic) bond motifs is 5. The molecule has 0 spiro atoms. The third-order valence-corrected chi connectivity index (χ3v) is 8.97. The van der Waals surface area contributed by atoms with Gasteiger partial charge in [0.15, 0.2) is 0 Å². The average molecular weight is 588 g/mol. The molecule has 0 atom stereocenters. The van der Waals surface area contributed by atoms with Gasteiger partial charge in [-0.05, 0) is 89.0 Å². The molecule has 7 aromatic carbocycles. The SMILES string of the molecule is c1ccc(N(c2ccc(-n3c4ccccc4c4ccccc43)cc2)c2ccc3ccc(-c4cc5ccccc5cn4)cc3c2)cc1. The van der Waals surface area contributed by atoms with Crippen LogP contribution in [-0.4, -0.2) is 9.55 Å². The van der Waals surface area contributed by atoms with Crippen molar-refractivity contribution in [3.05, 3.63) is 176 Å². The molecular weight excluding hydrogens is 558 g/mol. The number of pyridine rings is 1. The summed E-state index contributed by atoms with van der Waals surface area (Å²) in [5.41, 5.74) is 8.96. The summed E-state index contributed by atoms with van der Waals surface area (Å²) < 4.78 is 2.36. The van der Waals surface area contributed by atoms with Crippen molar-refractivity contribution >= 4 is 60.4 Å². The summed E-state index contributed by atoms with van der Waals surface area (Å²) in [6.07, 6.45) is 1.96. The largest absolute Gasteiger partial charge is 0.310 e. The highest BCUT2D eigenvalue weighted by Gasteiger charge is 2.15. The lowest BCUT2D eigenvalue weighted by atomic mass is 10.0. The first-order chi connectivity index (χ1) is 22.8. The summed E-state index contributed by atoms with van der Waals surface area (Å²) in [6.45, 7) is 0. The van der Waals surface area contributed by atoms with Crippen LogP contribution in [0.4, 0.5) is 17.1 Å². The summed E-state index contributed by atoms with van der Waals surface area (Å²) in [7, 11) is 0. The van der Waals surface area contributed by atoms with Crippen LogP contribution >= 0.6 is 0 Å². The molecule has 46 heavy (non-hydrogen) atoms. The highest BCUT2D eigenvalue weighted by Crippen LogP contribution is 2.38. The molecule has 0 saturated heterocycles. The Labute approximate surface area is 267 Å². The van der Waals surface area contributed by atoms with E-state index in [9.17, 15) is 0 Å². The number of hydrogen-bond acceptors (Lipinski definition) is 2. The van der Waals surface area contributed by atoms with Gasteiger partial charge in [-0.1, -0.05) is 97.1 Å². The normalized spacial score (nSPS) is 11.5. The van der Waals surface area contributed by atoms with Gasteiger partial charge in [0, 0.05) is 50.7 Å². The minimum absolute atomic E-state index is 0.978. The summed E-state index contributed by atoms with van der Waals surface area (Å²) in [4.78, 5) is 7.12. The van der Waals surface area contributed by atoms with Gasteiger partial charge in [0.1, 0.15) is 0 Å².